The summed E-state index contributed by atoms with van der Waals surface area (Å²) in [4.78, 5) is 4.39. The van der Waals surface area contributed by atoms with Crippen LogP contribution in [0.25, 0.3) is 76.8 Å². The van der Waals surface area contributed by atoms with Gasteiger partial charge in [-0.3, -0.25) is 0 Å². The molecule has 4 heteroatoms. The molecule has 0 heterocycles. The molecule has 0 N–H and O–H groups in total. The molecular formula is C66H42N4. The van der Waals surface area contributed by atoms with Gasteiger partial charge in [-0.25, -0.2) is 0 Å². The number of benzene rings is 12. The molecule has 12 aromatic rings. The minimum atomic E-state index is 0.558. The van der Waals surface area contributed by atoms with Gasteiger partial charge in [0.2, 0.25) is 0 Å². The van der Waals surface area contributed by atoms with Crippen molar-refractivity contribution in [1.82, 2.24) is 0 Å². The summed E-state index contributed by atoms with van der Waals surface area (Å²) < 4.78 is 0. The molecule has 0 aliphatic heterocycles. The van der Waals surface area contributed by atoms with Crippen LogP contribution in [0.3, 0.4) is 0 Å². The second kappa shape index (κ2) is 17.8. The summed E-state index contributed by atoms with van der Waals surface area (Å²) in [6, 6.07) is 93.7. The molecule has 326 valence electrons. The Morgan fingerprint density at radius 2 is 0.500 bits per heavy atom. The maximum Gasteiger partial charge on any atom is 0.102 e. The summed E-state index contributed by atoms with van der Waals surface area (Å²) in [5.74, 6) is 0. The number of hydrogen-bond acceptors (Lipinski definition) is 4. The first-order valence-electron chi connectivity index (χ1n) is 23.4. The fourth-order valence-electron chi connectivity index (χ4n) is 10.1. The molecule has 12 rings (SSSR count). The largest absolute Gasteiger partial charge is 0.309 e. The van der Waals surface area contributed by atoms with E-state index in [-0.39, 0.29) is 0 Å². The van der Waals surface area contributed by atoms with Crippen LogP contribution in [0.5, 0.6) is 0 Å². The normalized spacial score (nSPS) is 11.1. The number of nitrogens with zero attached hydrogens (tertiary/aromatic N) is 4. The van der Waals surface area contributed by atoms with Gasteiger partial charge in [0.25, 0.3) is 0 Å². The first-order valence-corrected chi connectivity index (χ1v) is 23.4. The standard InChI is InChI=1S/C66H42N4/c67-43-61-59-39-30-54-42-64(70(57-35-25-51(26-36-57)47-17-9-3-10-18-47)58-37-27-52(28-38-58)48-19-11-4-12-20-48)62(44-68)60-40-29-53(65(59)66(54)60)41-63(61)69(55-31-21-49(22-32-55)45-13-5-1-6-14-45)56-33-23-50(24-34-56)46-15-7-2-8-16-46/h1-42H. The molecule has 0 aromatic heterocycles. The van der Waals surface area contributed by atoms with E-state index in [1.165, 1.54) is 0 Å². The van der Waals surface area contributed by atoms with E-state index in [1.54, 1.807) is 0 Å². The fourth-order valence-corrected chi connectivity index (χ4v) is 10.1. The average molecular weight is 891 g/mol. The average Bonchev–Trinajstić information content (AvgIpc) is 3.44. The van der Waals surface area contributed by atoms with Gasteiger partial charge in [0, 0.05) is 33.5 Å². The van der Waals surface area contributed by atoms with Crippen LogP contribution in [-0.4, -0.2) is 0 Å². The number of nitriles is 2. The molecule has 0 radical (unpaired) electrons. The first kappa shape index (κ1) is 41.7. The van der Waals surface area contributed by atoms with E-state index in [0.717, 1.165) is 111 Å². The van der Waals surface area contributed by atoms with E-state index in [9.17, 15) is 10.5 Å². The van der Waals surface area contributed by atoms with Crippen molar-refractivity contribution in [1.29, 1.82) is 10.5 Å². The van der Waals surface area contributed by atoms with E-state index >= 15 is 0 Å². The van der Waals surface area contributed by atoms with E-state index in [1.807, 2.05) is 24.3 Å². The number of rotatable bonds is 10. The molecule has 0 aliphatic rings. The Morgan fingerprint density at radius 3 is 0.743 bits per heavy atom. The molecule has 0 saturated carbocycles. The third-order valence-electron chi connectivity index (χ3n) is 13.5. The summed E-state index contributed by atoms with van der Waals surface area (Å²) in [5.41, 5.74) is 15.4. The Labute approximate surface area is 407 Å². The summed E-state index contributed by atoms with van der Waals surface area (Å²) in [7, 11) is 0. The van der Waals surface area contributed by atoms with Gasteiger partial charge in [-0.1, -0.05) is 194 Å². The minimum absolute atomic E-state index is 0.558. The van der Waals surface area contributed by atoms with Gasteiger partial charge in [-0.15, -0.1) is 0 Å². The van der Waals surface area contributed by atoms with Crippen LogP contribution in [0.2, 0.25) is 0 Å². The monoisotopic (exact) mass is 890 g/mol. The van der Waals surface area contributed by atoms with Gasteiger partial charge < -0.3 is 9.80 Å². The molecule has 0 unspecified atom stereocenters. The lowest BCUT2D eigenvalue weighted by atomic mass is 9.88. The van der Waals surface area contributed by atoms with Crippen molar-refractivity contribution in [3.63, 3.8) is 0 Å². The Hall–Kier alpha value is -9.74. The maximum atomic E-state index is 11.3. The molecule has 0 bridgehead atoms. The van der Waals surface area contributed by atoms with E-state index in [0.29, 0.717) is 11.1 Å². The summed E-state index contributed by atoms with van der Waals surface area (Å²) in [6.45, 7) is 0. The third kappa shape index (κ3) is 7.44. The molecule has 0 fully saturated rings. The van der Waals surface area contributed by atoms with Crippen molar-refractivity contribution in [2.24, 2.45) is 0 Å². The van der Waals surface area contributed by atoms with Crippen LogP contribution in [0.15, 0.2) is 255 Å². The van der Waals surface area contributed by atoms with Crippen molar-refractivity contribution in [2.75, 3.05) is 9.80 Å². The molecule has 0 spiro atoms. The maximum absolute atomic E-state index is 11.3. The predicted molar refractivity (Wildman–Crippen MR) is 291 cm³/mol. The molecule has 0 saturated heterocycles. The predicted octanol–water partition coefficient (Wildman–Crippen LogP) is 17.9. The highest BCUT2D eigenvalue weighted by atomic mass is 15.2. The summed E-state index contributed by atoms with van der Waals surface area (Å²) in [5, 5.41) is 28.1. The Kier molecular flexibility index (Phi) is 10.6. The van der Waals surface area contributed by atoms with Crippen molar-refractivity contribution >= 4 is 66.4 Å². The van der Waals surface area contributed by atoms with Crippen LogP contribution in [0.1, 0.15) is 11.1 Å². The lowest BCUT2D eigenvalue weighted by Gasteiger charge is -2.29. The highest BCUT2D eigenvalue weighted by molar-refractivity contribution is 6.27. The van der Waals surface area contributed by atoms with Crippen LogP contribution in [-0.2, 0) is 0 Å². The Bertz CT molecular complexity index is 3470. The Balaban J connectivity index is 1.02. The third-order valence-corrected chi connectivity index (χ3v) is 13.5. The topological polar surface area (TPSA) is 54.1 Å². The van der Waals surface area contributed by atoms with Crippen molar-refractivity contribution in [3.05, 3.63) is 266 Å². The fraction of sp³-hybridized carbons (Fsp3) is 0. The second-order valence-electron chi connectivity index (χ2n) is 17.5. The van der Waals surface area contributed by atoms with Crippen molar-refractivity contribution in [3.8, 4) is 56.6 Å². The lowest BCUT2D eigenvalue weighted by Crippen LogP contribution is -2.13. The van der Waals surface area contributed by atoms with Gasteiger partial charge in [0.05, 0.1) is 22.5 Å². The zero-order chi connectivity index (χ0) is 47.0. The van der Waals surface area contributed by atoms with Crippen LogP contribution < -0.4 is 9.80 Å². The number of hydrogen-bond donors (Lipinski definition) is 0. The SMILES string of the molecule is N#Cc1c(N(c2ccc(-c3ccccc3)cc2)c2ccc(-c3ccccc3)cc2)cc2ccc3c(C#N)c(N(c4ccc(-c5ccccc5)cc4)c4ccc(-c5ccccc5)cc4)cc4ccc1c2c43. The highest BCUT2D eigenvalue weighted by Gasteiger charge is 2.25. The molecule has 0 aliphatic carbocycles. The molecule has 4 nitrogen and oxygen atoms in total. The highest BCUT2D eigenvalue weighted by Crippen LogP contribution is 2.48. The second-order valence-corrected chi connectivity index (χ2v) is 17.5. The van der Waals surface area contributed by atoms with Gasteiger partial charge in [-0.05, 0) is 127 Å². The van der Waals surface area contributed by atoms with Crippen molar-refractivity contribution in [2.45, 2.75) is 0 Å². The van der Waals surface area contributed by atoms with E-state index < -0.39 is 0 Å². The summed E-state index contributed by atoms with van der Waals surface area (Å²) in [6.07, 6.45) is 0. The molecule has 70 heavy (non-hydrogen) atoms. The zero-order valence-electron chi connectivity index (χ0n) is 38.0. The van der Waals surface area contributed by atoms with Crippen LogP contribution >= 0.6 is 0 Å². The van der Waals surface area contributed by atoms with E-state index in [4.69, 9.17) is 0 Å². The molecule has 0 amide bonds. The van der Waals surface area contributed by atoms with Gasteiger partial charge in [0.15, 0.2) is 0 Å². The molecule has 12 aromatic carbocycles. The van der Waals surface area contributed by atoms with Crippen molar-refractivity contribution < 1.29 is 0 Å². The van der Waals surface area contributed by atoms with Gasteiger partial charge in [0.1, 0.15) is 12.1 Å². The first-order chi connectivity index (χ1) is 34.6. The smallest absolute Gasteiger partial charge is 0.102 e. The summed E-state index contributed by atoms with van der Waals surface area (Å²) >= 11 is 0. The lowest BCUT2D eigenvalue weighted by molar-refractivity contribution is 1.28. The quantitative estimate of drug-likeness (QED) is 0.128. The van der Waals surface area contributed by atoms with Gasteiger partial charge >= 0.3 is 0 Å². The Morgan fingerprint density at radius 1 is 0.257 bits per heavy atom. The van der Waals surface area contributed by atoms with Gasteiger partial charge in [-0.2, -0.15) is 10.5 Å². The minimum Gasteiger partial charge on any atom is -0.309 e. The van der Waals surface area contributed by atoms with Crippen LogP contribution in [0, 0.1) is 22.7 Å². The van der Waals surface area contributed by atoms with Crippen LogP contribution in [0.4, 0.5) is 34.1 Å². The zero-order valence-corrected chi connectivity index (χ0v) is 38.0. The molecule has 0 atom stereocenters. The number of anilines is 6. The molecular weight excluding hydrogens is 849 g/mol. The van der Waals surface area contributed by atoms with E-state index in [2.05, 4.69) is 252 Å².